The number of methoxy groups -OCH3 is 2. The number of hydrogen-bond acceptors (Lipinski definition) is 5. The van der Waals surface area contributed by atoms with Crippen molar-refractivity contribution in [3.05, 3.63) is 0 Å². The average Bonchev–Trinajstić information content (AvgIpc) is 2.26. The Morgan fingerprint density at radius 3 is 2.38 bits per heavy atom. The first-order valence-electron chi connectivity index (χ1n) is 4.82. The van der Waals surface area contributed by atoms with Gasteiger partial charge in [0.2, 0.25) is 5.91 Å². The summed E-state index contributed by atoms with van der Waals surface area (Å²) in [5.74, 6) is -1.39. The highest BCUT2D eigenvalue weighted by atomic mass is 16.7. The molecule has 1 unspecified atom stereocenters. The van der Waals surface area contributed by atoms with Gasteiger partial charge >= 0.3 is 5.97 Å². The lowest BCUT2D eigenvalue weighted by molar-refractivity contribution is -0.137. The summed E-state index contributed by atoms with van der Waals surface area (Å²) in [6, 6.07) is -0.828. The van der Waals surface area contributed by atoms with Crippen LogP contribution < -0.4 is 11.1 Å². The number of carboxylic acids is 1. The minimum absolute atomic E-state index is 0.103. The van der Waals surface area contributed by atoms with Crippen molar-refractivity contribution in [3.8, 4) is 0 Å². The van der Waals surface area contributed by atoms with Crippen LogP contribution >= 0.6 is 0 Å². The first-order valence-corrected chi connectivity index (χ1v) is 4.82. The van der Waals surface area contributed by atoms with Crippen LogP contribution in [0.3, 0.4) is 0 Å². The molecule has 7 nitrogen and oxygen atoms in total. The smallest absolute Gasteiger partial charge is 0.303 e. The zero-order valence-electron chi connectivity index (χ0n) is 9.43. The second-order valence-corrected chi connectivity index (χ2v) is 3.19. The SMILES string of the molecule is COC(CNC(=O)C(N)CCC(=O)O)OC. The minimum atomic E-state index is -0.977. The third-order valence-corrected chi connectivity index (χ3v) is 1.97. The lowest BCUT2D eigenvalue weighted by Crippen LogP contribution is -2.44. The number of amides is 1. The van der Waals surface area contributed by atoms with Crippen LogP contribution in [0.5, 0.6) is 0 Å². The number of carbonyl (C=O) groups excluding carboxylic acids is 1. The van der Waals surface area contributed by atoms with E-state index in [0.717, 1.165) is 0 Å². The summed E-state index contributed by atoms with van der Waals surface area (Å²) in [6.07, 6.45) is -0.561. The number of ether oxygens (including phenoxy) is 2. The molecule has 0 spiro atoms. The Morgan fingerprint density at radius 2 is 1.94 bits per heavy atom. The highest BCUT2D eigenvalue weighted by molar-refractivity contribution is 5.82. The standard InChI is InChI=1S/C9H18N2O5/c1-15-8(16-2)5-11-9(14)6(10)3-4-7(12)13/h6,8H,3-5,10H2,1-2H3,(H,11,14)(H,12,13). The number of nitrogens with two attached hydrogens (primary N) is 1. The van der Waals surface area contributed by atoms with E-state index in [9.17, 15) is 9.59 Å². The van der Waals surface area contributed by atoms with Crippen LogP contribution in [0.25, 0.3) is 0 Å². The molecular formula is C9H18N2O5. The molecule has 0 saturated heterocycles. The van der Waals surface area contributed by atoms with Gasteiger partial charge in [0.1, 0.15) is 0 Å². The molecule has 0 bridgehead atoms. The van der Waals surface area contributed by atoms with Crippen molar-refractivity contribution in [2.24, 2.45) is 5.73 Å². The molecule has 1 atom stereocenters. The maximum absolute atomic E-state index is 11.4. The fourth-order valence-electron chi connectivity index (χ4n) is 0.988. The summed E-state index contributed by atoms with van der Waals surface area (Å²) in [7, 11) is 2.90. The minimum Gasteiger partial charge on any atom is -0.481 e. The molecule has 0 aliphatic carbocycles. The van der Waals surface area contributed by atoms with Gasteiger partial charge in [-0.3, -0.25) is 9.59 Å². The van der Waals surface area contributed by atoms with Crippen LogP contribution in [-0.4, -0.2) is 50.1 Å². The maximum atomic E-state index is 11.4. The average molecular weight is 234 g/mol. The second-order valence-electron chi connectivity index (χ2n) is 3.19. The Hall–Kier alpha value is -1.18. The lowest BCUT2D eigenvalue weighted by Gasteiger charge is -2.16. The molecule has 0 aromatic carbocycles. The fourth-order valence-corrected chi connectivity index (χ4v) is 0.988. The Bertz CT molecular complexity index is 230. The molecule has 0 aromatic heterocycles. The maximum Gasteiger partial charge on any atom is 0.303 e. The molecule has 0 aliphatic heterocycles. The first kappa shape index (κ1) is 14.8. The number of rotatable bonds is 8. The van der Waals surface area contributed by atoms with E-state index in [1.807, 2.05) is 0 Å². The van der Waals surface area contributed by atoms with Crippen LogP contribution in [-0.2, 0) is 19.1 Å². The Balaban J connectivity index is 3.82. The summed E-state index contributed by atoms with van der Waals surface area (Å²) >= 11 is 0. The van der Waals surface area contributed by atoms with E-state index in [1.165, 1.54) is 14.2 Å². The van der Waals surface area contributed by atoms with Crippen LogP contribution in [0.1, 0.15) is 12.8 Å². The van der Waals surface area contributed by atoms with Crippen molar-refractivity contribution in [2.45, 2.75) is 25.2 Å². The van der Waals surface area contributed by atoms with Crippen molar-refractivity contribution in [1.29, 1.82) is 0 Å². The van der Waals surface area contributed by atoms with Crippen LogP contribution in [0.15, 0.2) is 0 Å². The lowest BCUT2D eigenvalue weighted by atomic mass is 10.1. The molecule has 4 N–H and O–H groups in total. The number of nitrogens with one attached hydrogen (secondary N) is 1. The number of hydrogen-bond donors (Lipinski definition) is 3. The predicted molar refractivity (Wildman–Crippen MR) is 55.7 cm³/mol. The molecule has 0 aromatic rings. The quantitative estimate of drug-likeness (QED) is 0.460. The number of carboxylic acid groups (broad SMARTS) is 1. The van der Waals surface area contributed by atoms with Crippen molar-refractivity contribution in [2.75, 3.05) is 20.8 Å². The topological polar surface area (TPSA) is 111 Å². The van der Waals surface area contributed by atoms with Crippen molar-refractivity contribution in [3.63, 3.8) is 0 Å². The van der Waals surface area contributed by atoms with Crippen LogP contribution in [0.2, 0.25) is 0 Å². The van der Waals surface area contributed by atoms with Crippen molar-refractivity contribution in [1.82, 2.24) is 5.32 Å². The molecule has 0 rings (SSSR count). The molecule has 94 valence electrons. The van der Waals surface area contributed by atoms with Crippen LogP contribution in [0, 0.1) is 0 Å². The molecule has 0 fully saturated rings. The van der Waals surface area contributed by atoms with Gasteiger partial charge in [0.15, 0.2) is 6.29 Å². The van der Waals surface area contributed by atoms with Gasteiger partial charge in [-0.05, 0) is 6.42 Å². The molecule has 1 amide bonds. The van der Waals surface area contributed by atoms with Crippen molar-refractivity contribution >= 4 is 11.9 Å². The molecule has 0 radical (unpaired) electrons. The Kier molecular flexibility index (Phi) is 7.44. The fraction of sp³-hybridized carbons (Fsp3) is 0.778. The summed E-state index contributed by atoms with van der Waals surface area (Å²) in [4.78, 5) is 21.6. The Labute approximate surface area is 93.9 Å². The normalized spacial score (nSPS) is 12.5. The highest BCUT2D eigenvalue weighted by Gasteiger charge is 2.16. The van der Waals surface area contributed by atoms with E-state index >= 15 is 0 Å². The zero-order chi connectivity index (χ0) is 12.6. The molecule has 16 heavy (non-hydrogen) atoms. The third-order valence-electron chi connectivity index (χ3n) is 1.97. The van der Waals surface area contributed by atoms with Gasteiger partial charge in [0, 0.05) is 20.6 Å². The van der Waals surface area contributed by atoms with Gasteiger partial charge in [0.25, 0.3) is 0 Å². The number of aliphatic carboxylic acids is 1. The van der Waals surface area contributed by atoms with Gasteiger partial charge in [-0.15, -0.1) is 0 Å². The molecular weight excluding hydrogens is 216 g/mol. The molecule has 7 heteroatoms. The van der Waals surface area contributed by atoms with Gasteiger partial charge in [-0.25, -0.2) is 0 Å². The summed E-state index contributed by atoms with van der Waals surface area (Å²) in [5, 5.41) is 10.9. The summed E-state index contributed by atoms with van der Waals surface area (Å²) in [5.41, 5.74) is 5.48. The summed E-state index contributed by atoms with van der Waals surface area (Å²) < 4.78 is 9.71. The monoisotopic (exact) mass is 234 g/mol. The third kappa shape index (κ3) is 6.33. The Morgan fingerprint density at radius 1 is 1.38 bits per heavy atom. The van der Waals surface area contributed by atoms with Crippen LogP contribution in [0.4, 0.5) is 0 Å². The van der Waals surface area contributed by atoms with E-state index in [4.69, 9.17) is 20.3 Å². The van der Waals surface area contributed by atoms with E-state index in [1.54, 1.807) is 0 Å². The first-order chi connectivity index (χ1) is 7.51. The number of carbonyl (C=O) groups is 2. The van der Waals surface area contributed by atoms with E-state index in [2.05, 4.69) is 5.32 Å². The molecule has 0 aliphatic rings. The van der Waals surface area contributed by atoms with Gasteiger partial charge < -0.3 is 25.6 Å². The van der Waals surface area contributed by atoms with Crippen molar-refractivity contribution < 1.29 is 24.2 Å². The predicted octanol–water partition coefficient (Wildman–Crippen LogP) is -1.09. The largest absolute Gasteiger partial charge is 0.481 e. The van der Waals surface area contributed by atoms with Gasteiger partial charge in [-0.2, -0.15) is 0 Å². The van der Waals surface area contributed by atoms with Gasteiger partial charge in [0.05, 0.1) is 12.6 Å². The highest BCUT2D eigenvalue weighted by Crippen LogP contribution is 1.95. The molecule has 0 saturated carbocycles. The molecule has 0 heterocycles. The summed E-state index contributed by atoms with van der Waals surface area (Å²) in [6.45, 7) is 0.173. The van der Waals surface area contributed by atoms with E-state index in [0.29, 0.717) is 0 Å². The van der Waals surface area contributed by atoms with E-state index in [-0.39, 0.29) is 19.4 Å². The second kappa shape index (κ2) is 8.03. The zero-order valence-corrected chi connectivity index (χ0v) is 9.43. The van der Waals surface area contributed by atoms with E-state index < -0.39 is 24.2 Å². The van der Waals surface area contributed by atoms with Gasteiger partial charge in [-0.1, -0.05) is 0 Å².